The molecule has 1 saturated carbocycles. The van der Waals surface area contributed by atoms with Crippen molar-refractivity contribution in [1.82, 2.24) is 39.5 Å². The summed E-state index contributed by atoms with van der Waals surface area (Å²) >= 11 is 0. The largest absolute Gasteiger partial charge is 0.433 e. The summed E-state index contributed by atoms with van der Waals surface area (Å²) < 4.78 is 40.9. The Morgan fingerprint density at radius 2 is 1.95 bits per heavy atom. The highest BCUT2D eigenvalue weighted by molar-refractivity contribution is 5.92. The van der Waals surface area contributed by atoms with Gasteiger partial charge in [0.25, 0.3) is 5.91 Å². The lowest BCUT2D eigenvalue weighted by molar-refractivity contribution is -0.141. The number of aromatic nitrogens is 6. The lowest BCUT2D eigenvalue weighted by atomic mass is 9.70. The van der Waals surface area contributed by atoms with E-state index in [1.807, 2.05) is 23.1 Å². The Morgan fingerprint density at radius 3 is 2.69 bits per heavy atom. The van der Waals surface area contributed by atoms with Crippen LogP contribution in [0.1, 0.15) is 35.4 Å². The smallest absolute Gasteiger partial charge is 0.346 e. The van der Waals surface area contributed by atoms with Crippen LogP contribution in [0.5, 0.6) is 0 Å². The Bertz CT molecular complexity index is 1560. The number of nitrogens with one attached hydrogen (secondary N) is 1. The van der Waals surface area contributed by atoms with E-state index in [1.165, 1.54) is 18.5 Å². The minimum absolute atomic E-state index is 0.204. The lowest BCUT2D eigenvalue weighted by Gasteiger charge is -2.52. The summed E-state index contributed by atoms with van der Waals surface area (Å²) in [6, 6.07) is 7.81. The zero-order valence-electron chi connectivity index (χ0n) is 20.8. The fourth-order valence-corrected chi connectivity index (χ4v) is 5.61. The number of carbonyl (C=O) groups is 1. The van der Waals surface area contributed by atoms with Gasteiger partial charge in [-0.15, -0.1) is 0 Å². The molecule has 13 heteroatoms. The van der Waals surface area contributed by atoms with Gasteiger partial charge in [-0.25, -0.2) is 15.0 Å². The maximum absolute atomic E-state index is 13.0. The fraction of sp³-hybridized carbons (Fsp3) is 0.385. The molecule has 2 fully saturated rings. The molecule has 2 aliphatic rings. The number of halogens is 3. The first-order valence-corrected chi connectivity index (χ1v) is 12.6. The van der Waals surface area contributed by atoms with Crippen molar-refractivity contribution in [3.05, 3.63) is 60.6 Å². The van der Waals surface area contributed by atoms with Gasteiger partial charge >= 0.3 is 6.18 Å². The summed E-state index contributed by atoms with van der Waals surface area (Å²) in [5, 5.41) is 15.1. The maximum Gasteiger partial charge on any atom is 0.433 e. The Labute approximate surface area is 221 Å². The van der Waals surface area contributed by atoms with E-state index in [-0.39, 0.29) is 11.7 Å². The number of amides is 1. The number of hydrogen-bond acceptors (Lipinski definition) is 7. The molecule has 0 bridgehead atoms. The molecule has 1 aliphatic carbocycles. The van der Waals surface area contributed by atoms with Gasteiger partial charge in [0, 0.05) is 55.6 Å². The van der Waals surface area contributed by atoms with Crippen molar-refractivity contribution in [3.63, 3.8) is 0 Å². The summed E-state index contributed by atoms with van der Waals surface area (Å²) in [4.78, 5) is 31.9. The number of aromatic amines is 1. The number of carbonyl (C=O) groups excluding carboxylic acids is 1. The molecule has 39 heavy (non-hydrogen) atoms. The highest BCUT2D eigenvalue weighted by Gasteiger charge is 2.49. The number of alkyl halides is 3. The van der Waals surface area contributed by atoms with Gasteiger partial charge in [-0.05, 0) is 31.0 Å². The molecule has 1 saturated heterocycles. The quantitative estimate of drug-likeness (QED) is 0.416. The Morgan fingerprint density at radius 1 is 1.15 bits per heavy atom. The topological polar surface area (TPSA) is 120 Å². The average Bonchev–Trinajstić information content (AvgIpc) is 3.60. The van der Waals surface area contributed by atoms with E-state index in [9.17, 15) is 23.2 Å². The van der Waals surface area contributed by atoms with Crippen LogP contribution in [-0.4, -0.2) is 77.6 Å². The van der Waals surface area contributed by atoms with E-state index in [1.54, 1.807) is 11.1 Å². The molecule has 0 atom stereocenters. The van der Waals surface area contributed by atoms with Crippen molar-refractivity contribution >= 4 is 16.9 Å². The van der Waals surface area contributed by atoms with E-state index < -0.39 is 23.3 Å². The number of hydrogen-bond donors (Lipinski definition) is 1. The van der Waals surface area contributed by atoms with Crippen LogP contribution >= 0.6 is 0 Å². The van der Waals surface area contributed by atoms with Crippen LogP contribution in [0.4, 0.5) is 13.2 Å². The zero-order chi connectivity index (χ0) is 27.2. The fourth-order valence-electron chi connectivity index (χ4n) is 5.61. The lowest BCUT2D eigenvalue weighted by Crippen LogP contribution is -2.60. The van der Waals surface area contributed by atoms with Crippen LogP contribution in [0.3, 0.4) is 0 Å². The van der Waals surface area contributed by atoms with Gasteiger partial charge in [0.2, 0.25) is 0 Å². The second kappa shape index (κ2) is 9.46. The molecule has 1 N–H and O–H groups in total. The first-order valence-electron chi connectivity index (χ1n) is 12.6. The summed E-state index contributed by atoms with van der Waals surface area (Å²) in [5.74, 6) is -0.501. The second-order valence-electron chi connectivity index (χ2n) is 9.99. The molecule has 0 aromatic carbocycles. The molecule has 0 unspecified atom stereocenters. The SMILES string of the molecule is N#CC[C@]1(n2cc(-c3ncnc4[nH]ccc34)cn2)C[C@@H](N2CCN(C(=O)c3cccc(C(F)(F)F)n3)CC2)C1. The molecule has 10 nitrogen and oxygen atoms in total. The number of H-pyrrole nitrogens is 1. The van der Waals surface area contributed by atoms with E-state index in [4.69, 9.17) is 0 Å². The number of nitriles is 1. The molecule has 1 aliphatic heterocycles. The van der Waals surface area contributed by atoms with E-state index in [0.717, 1.165) is 41.2 Å². The van der Waals surface area contributed by atoms with Gasteiger partial charge in [0.1, 0.15) is 23.4 Å². The van der Waals surface area contributed by atoms with E-state index in [0.29, 0.717) is 32.6 Å². The van der Waals surface area contributed by atoms with Crippen LogP contribution in [0.2, 0.25) is 0 Å². The predicted molar refractivity (Wildman–Crippen MR) is 133 cm³/mol. The Kier molecular flexibility index (Phi) is 6.06. The molecule has 4 aromatic rings. The molecule has 1 amide bonds. The van der Waals surface area contributed by atoms with Gasteiger partial charge in [0.05, 0.1) is 29.9 Å². The molecule has 0 spiro atoms. The Hall–Kier alpha value is -4.31. The van der Waals surface area contributed by atoms with Crippen LogP contribution in [0, 0.1) is 11.3 Å². The van der Waals surface area contributed by atoms with Gasteiger partial charge in [-0.1, -0.05) is 6.07 Å². The minimum Gasteiger partial charge on any atom is -0.346 e. The molecule has 5 heterocycles. The van der Waals surface area contributed by atoms with E-state index >= 15 is 0 Å². The molecule has 0 radical (unpaired) electrons. The molecular weight excluding hydrogens is 511 g/mol. The highest BCUT2D eigenvalue weighted by Crippen LogP contribution is 2.45. The molecule has 6 rings (SSSR count). The van der Waals surface area contributed by atoms with Gasteiger partial charge < -0.3 is 9.88 Å². The van der Waals surface area contributed by atoms with Crippen molar-refractivity contribution in [2.75, 3.05) is 26.2 Å². The van der Waals surface area contributed by atoms with Crippen molar-refractivity contribution < 1.29 is 18.0 Å². The first-order chi connectivity index (χ1) is 18.8. The first kappa shape index (κ1) is 25.0. The number of fused-ring (bicyclic) bond motifs is 1. The van der Waals surface area contributed by atoms with Crippen molar-refractivity contribution in [2.45, 2.75) is 37.0 Å². The Balaban J connectivity index is 1.11. The zero-order valence-corrected chi connectivity index (χ0v) is 20.8. The third-order valence-electron chi connectivity index (χ3n) is 7.71. The summed E-state index contributed by atoms with van der Waals surface area (Å²) in [6.07, 6.45) is 4.17. The molecular formula is C26H24F3N9O. The predicted octanol–water partition coefficient (Wildman–Crippen LogP) is 3.46. The van der Waals surface area contributed by atoms with Crippen molar-refractivity contribution in [3.8, 4) is 17.3 Å². The monoisotopic (exact) mass is 535 g/mol. The maximum atomic E-state index is 13.0. The third kappa shape index (κ3) is 4.50. The summed E-state index contributed by atoms with van der Waals surface area (Å²) in [6.45, 7) is 1.97. The number of nitrogens with zero attached hydrogens (tertiary/aromatic N) is 8. The number of rotatable bonds is 5. The number of piperazine rings is 1. The molecule has 4 aromatic heterocycles. The second-order valence-corrected chi connectivity index (χ2v) is 9.99. The van der Waals surface area contributed by atoms with Crippen LogP contribution in [0.15, 0.2) is 49.2 Å². The van der Waals surface area contributed by atoms with Crippen molar-refractivity contribution in [1.29, 1.82) is 5.26 Å². The highest BCUT2D eigenvalue weighted by atomic mass is 19.4. The summed E-state index contributed by atoms with van der Waals surface area (Å²) in [5.41, 5.74) is 0.644. The standard InChI is InChI=1S/C26H24F3N9O/c27-26(28,29)21-3-1-2-20(35-21)24(39)37-10-8-36(9-11-37)18-12-25(13-18,5-6-30)38-15-17(14-34-38)22-19-4-7-31-23(19)33-16-32-22/h1-4,7,14-16,18H,5,8-13H2,(H,31,32,33)/t18-,25+. The number of pyridine rings is 1. The minimum atomic E-state index is -4.60. The molecule has 200 valence electrons. The third-order valence-corrected chi connectivity index (χ3v) is 7.71. The normalized spacial score (nSPS) is 22.0. The van der Waals surface area contributed by atoms with Gasteiger partial charge in [-0.2, -0.15) is 23.5 Å². The summed E-state index contributed by atoms with van der Waals surface area (Å²) in [7, 11) is 0. The van der Waals surface area contributed by atoms with Crippen LogP contribution < -0.4 is 0 Å². The van der Waals surface area contributed by atoms with Gasteiger partial charge in [-0.3, -0.25) is 14.4 Å². The van der Waals surface area contributed by atoms with Crippen molar-refractivity contribution in [2.24, 2.45) is 0 Å². The van der Waals surface area contributed by atoms with E-state index in [2.05, 4.69) is 36.0 Å². The van der Waals surface area contributed by atoms with Gasteiger partial charge in [0.15, 0.2) is 0 Å². The van der Waals surface area contributed by atoms with Crippen LogP contribution in [-0.2, 0) is 11.7 Å². The average molecular weight is 536 g/mol. The van der Waals surface area contributed by atoms with Crippen LogP contribution in [0.25, 0.3) is 22.3 Å².